The van der Waals surface area contributed by atoms with Crippen LogP contribution in [-0.2, 0) is 4.74 Å². The molecule has 10 heteroatoms. The summed E-state index contributed by atoms with van der Waals surface area (Å²) < 4.78 is 6.79. The lowest BCUT2D eigenvalue weighted by Crippen LogP contribution is -2.28. The van der Waals surface area contributed by atoms with Crippen LogP contribution in [-0.4, -0.2) is 48.6 Å². The monoisotopic (exact) mass is 417 g/mol. The van der Waals surface area contributed by atoms with Gasteiger partial charge in [0.05, 0.1) is 6.61 Å². The molecular formula is C19H19N3O6S. The van der Waals surface area contributed by atoms with Gasteiger partial charge < -0.3 is 25.8 Å². The molecule has 0 radical (unpaired) electrons. The summed E-state index contributed by atoms with van der Waals surface area (Å²) in [6.45, 7) is -0.0572. The highest BCUT2D eigenvalue weighted by molar-refractivity contribution is 8.00. The summed E-state index contributed by atoms with van der Waals surface area (Å²) in [7, 11) is 0. The summed E-state index contributed by atoms with van der Waals surface area (Å²) in [6.07, 6.45) is 1.18. The van der Waals surface area contributed by atoms with Crippen LogP contribution in [0.5, 0.6) is 5.75 Å². The maximum Gasteiger partial charge on any atom is 0.351 e. The van der Waals surface area contributed by atoms with E-state index in [0.717, 1.165) is 10.8 Å². The first kappa shape index (κ1) is 20.6. The Morgan fingerprint density at radius 1 is 1.28 bits per heavy atom. The molecule has 152 valence electrons. The third-order valence-electron chi connectivity index (χ3n) is 4.14. The van der Waals surface area contributed by atoms with Crippen LogP contribution in [0, 0.1) is 0 Å². The van der Waals surface area contributed by atoms with E-state index in [2.05, 4.69) is 4.98 Å². The Hall–Kier alpha value is -3.08. The van der Waals surface area contributed by atoms with Crippen molar-refractivity contribution < 1.29 is 24.9 Å². The van der Waals surface area contributed by atoms with Crippen molar-refractivity contribution in [3.63, 3.8) is 0 Å². The SMILES string of the molecule is Nc1ccn([C@H]2CS[C@@H](CO)O2)c(=O)n1.O=C(O)c1cc2ccccc2cc1O. The van der Waals surface area contributed by atoms with Crippen molar-refractivity contribution in [2.45, 2.75) is 11.7 Å². The Morgan fingerprint density at radius 3 is 2.55 bits per heavy atom. The van der Waals surface area contributed by atoms with Crippen LogP contribution in [0.1, 0.15) is 16.6 Å². The summed E-state index contributed by atoms with van der Waals surface area (Å²) in [5, 5.41) is 28.7. The fraction of sp³-hybridized carbons (Fsp3) is 0.211. The Balaban J connectivity index is 0.000000166. The maximum atomic E-state index is 11.4. The predicted molar refractivity (Wildman–Crippen MR) is 109 cm³/mol. The van der Waals surface area contributed by atoms with Crippen molar-refractivity contribution in [2.75, 3.05) is 18.1 Å². The van der Waals surface area contributed by atoms with Crippen LogP contribution in [0.2, 0.25) is 0 Å². The van der Waals surface area contributed by atoms with E-state index in [9.17, 15) is 14.7 Å². The molecule has 9 nitrogen and oxygen atoms in total. The topological polar surface area (TPSA) is 148 Å². The first-order valence-corrected chi connectivity index (χ1v) is 9.61. The fourth-order valence-corrected chi connectivity index (χ4v) is 3.66. The number of hydrogen-bond donors (Lipinski definition) is 4. The Labute approximate surface area is 169 Å². The zero-order valence-electron chi connectivity index (χ0n) is 15.1. The van der Waals surface area contributed by atoms with Gasteiger partial charge in [-0.1, -0.05) is 24.3 Å². The third-order valence-corrected chi connectivity index (χ3v) is 5.25. The number of aromatic hydroxyl groups is 1. The molecule has 1 saturated heterocycles. The minimum atomic E-state index is -1.12. The molecule has 0 saturated carbocycles. The summed E-state index contributed by atoms with van der Waals surface area (Å²) in [6, 6.07) is 11.8. The maximum absolute atomic E-state index is 11.4. The molecule has 1 aliphatic rings. The average Bonchev–Trinajstić information content (AvgIpc) is 3.16. The minimum Gasteiger partial charge on any atom is -0.507 e. The summed E-state index contributed by atoms with van der Waals surface area (Å²) in [4.78, 5) is 25.8. The van der Waals surface area contributed by atoms with Gasteiger partial charge in [0, 0.05) is 11.9 Å². The molecule has 2 heterocycles. The number of hydrogen-bond acceptors (Lipinski definition) is 8. The lowest BCUT2D eigenvalue weighted by atomic mass is 10.1. The van der Waals surface area contributed by atoms with Crippen molar-refractivity contribution in [3.05, 3.63) is 64.7 Å². The van der Waals surface area contributed by atoms with Gasteiger partial charge in [-0.05, 0) is 29.0 Å². The Morgan fingerprint density at radius 2 is 1.97 bits per heavy atom. The number of nitrogens with zero attached hydrogens (tertiary/aromatic N) is 2. The molecule has 29 heavy (non-hydrogen) atoms. The molecular weight excluding hydrogens is 398 g/mol. The lowest BCUT2D eigenvalue weighted by Gasteiger charge is -2.13. The number of anilines is 1. The molecule has 1 fully saturated rings. The quantitative estimate of drug-likeness (QED) is 0.499. The van der Waals surface area contributed by atoms with E-state index in [-0.39, 0.29) is 35.4 Å². The number of aliphatic hydroxyl groups is 1. The van der Waals surface area contributed by atoms with Gasteiger partial charge in [0.25, 0.3) is 0 Å². The number of phenols is 1. The number of aromatic carboxylic acids is 1. The molecule has 0 amide bonds. The zero-order valence-corrected chi connectivity index (χ0v) is 16.0. The molecule has 1 aliphatic heterocycles. The van der Waals surface area contributed by atoms with Gasteiger partial charge in [-0.15, -0.1) is 11.8 Å². The number of fused-ring (bicyclic) bond motifs is 1. The smallest absolute Gasteiger partial charge is 0.351 e. The largest absolute Gasteiger partial charge is 0.507 e. The number of rotatable bonds is 3. The number of thioether (sulfide) groups is 1. The van der Waals surface area contributed by atoms with Crippen molar-refractivity contribution >= 4 is 34.3 Å². The van der Waals surface area contributed by atoms with Gasteiger partial charge in [-0.3, -0.25) is 4.57 Å². The van der Waals surface area contributed by atoms with E-state index >= 15 is 0 Å². The second-order valence-corrected chi connectivity index (χ2v) is 7.29. The van der Waals surface area contributed by atoms with Gasteiger partial charge in [0.2, 0.25) is 0 Å². The molecule has 2 atom stereocenters. The van der Waals surface area contributed by atoms with E-state index in [0.29, 0.717) is 5.75 Å². The third kappa shape index (κ3) is 4.86. The van der Waals surface area contributed by atoms with Gasteiger partial charge >= 0.3 is 11.7 Å². The molecule has 0 bridgehead atoms. The van der Waals surface area contributed by atoms with Crippen molar-refractivity contribution in [1.82, 2.24) is 9.55 Å². The highest BCUT2D eigenvalue weighted by Crippen LogP contribution is 2.30. The molecule has 0 unspecified atom stereocenters. The highest BCUT2D eigenvalue weighted by Gasteiger charge is 2.27. The van der Waals surface area contributed by atoms with Crippen LogP contribution in [0.3, 0.4) is 0 Å². The summed E-state index contributed by atoms with van der Waals surface area (Å²) >= 11 is 1.47. The normalized spacial score (nSPS) is 18.2. The number of benzene rings is 2. The predicted octanol–water partition coefficient (Wildman–Crippen LogP) is 1.65. The van der Waals surface area contributed by atoms with E-state index in [1.807, 2.05) is 18.2 Å². The molecule has 1 aromatic heterocycles. The van der Waals surface area contributed by atoms with E-state index in [4.69, 9.17) is 20.7 Å². The minimum absolute atomic E-state index is 0.0572. The van der Waals surface area contributed by atoms with E-state index in [1.54, 1.807) is 18.3 Å². The van der Waals surface area contributed by atoms with Crippen LogP contribution >= 0.6 is 11.8 Å². The van der Waals surface area contributed by atoms with Gasteiger partial charge in [0.15, 0.2) is 0 Å². The number of carbonyl (C=O) groups is 1. The van der Waals surface area contributed by atoms with Crippen molar-refractivity contribution in [1.29, 1.82) is 0 Å². The number of aliphatic hydroxyl groups excluding tert-OH is 1. The van der Waals surface area contributed by atoms with Crippen molar-refractivity contribution in [3.8, 4) is 5.75 Å². The number of aromatic nitrogens is 2. The summed E-state index contributed by atoms with van der Waals surface area (Å²) in [5.74, 6) is -0.499. The first-order valence-electron chi connectivity index (χ1n) is 8.56. The van der Waals surface area contributed by atoms with Gasteiger partial charge in [-0.25, -0.2) is 9.59 Å². The average molecular weight is 417 g/mol. The molecule has 3 aromatic rings. The first-order chi connectivity index (χ1) is 13.9. The Kier molecular flexibility index (Phi) is 6.37. The van der Waals surface area contributed by atoms with Crippen LogP contribution in [0.4, 0.5) is 5.82 Å². The van der Waals surface area contributed by atoms with Crippen LogP contribution < -0.4 is 11.4 Å². The molecule has 5 N–H and O–H groups in total. The Bertz CT molecular complexity index is 1090. The molecule has 0 aliphatic carbocycles. The van der Waals surface area contributed by atoms with Crippen LogP contribution in [0.15, 0.2) is 53.5 Å². The number of nitrogens with two attached hydrogens (primary N) is 1. The standard InChI is InChI=1S/C11H8O3.C8H11N3O3S/c12-10-6-8-4-2-1-3-7(8)5-9(10)11(13)14;9-5-1-2-11(8(13)10-5)6-4-15-7(3-12)14-6/h1-6,12H,(H,13,14);1-2,6-7,12H,3-4H2,(H2,9,10,13)/t;6-,7+/m.1/s1. The fourth-order valence-electron chi connectivity index (χ4n) is 2.73. The lowest BCUT2D eigenvalue weighted by molar-refractivity contribution is -0.00629. The number of nitrogen functional groups attached to an aromatic ring is 1. The van der Waals surface area contributed by atoms with E-state index in [1.165, 1.54) is 28.5 Å². The second-order valence-electron chi connectivity index (χ2n) is 6.10. The van der Waals surface area contributed by atoms with Gasteiger partial charge in [0.1, 0.15) is 28.8 Å². The van der Waals surface area contributed by atoms with Gasteiger partial charge in [-0.2, -0.15) is 4.98 Å². The molecule has 4 rings (SSSR count). The van der Waals surface area contributed by atoms with E-state index < -0.39 is 11.7 Å². The second kappa shape index (κ2) is 8.95. The molecule has 2 aromatic carbocycles. The highest BCUT2D eigenvalue weighted by atomic mass is 32.2. The summed E-state index contributed by atoms with van der Waals surface area (Å²) in [5.41, 5.74) is 4.61. The van der Waals surface area contributed by atoms with Crippen molar-refractivity contribution in [2.24, 2.45) is 0 Å². The number of carboxylic acids is 1. The number of carboxylic acid groups (broad SMARTS) is 1. The number of ether oxygens (including phenoxy) is 1. The zero-order chi connectivity index (χ0) is 21.0. The molecule has 0 spiro atoms. The van der Waals surface area contributed by atoms with Crippen LogP contribution in [0.25, 0.3) is 10.8 Å².